The molecular weight excluding hydrogens is 296 g/mol. The molecule has 0 radical (unpaired) electrons. The second-order valence-corrected chi connectivity index (χ2v) is 5.22. The lowest BCUT2D eigenvalue weighted by Crippen LogP contribution is -2.28. The van der Waals surface area contributed by atoms with Crippen LogP contribution in [0.4, 0.5) is 5.69 Å². The maximum absolute atomic E-state index is 12.1. The summed E-state index contributed by atoms with van der Waals surface area (Å²) in [5.41, 5.74) is 0.115. The smallest absolute Gasteiger partial charge is 0.303 e. The minimum absolute atomic E-state index is 0.0246. The Balaban J connectivity index is 2.84. The Morgan fingerprint density at radius 3 is 2.62 bits per heavy atom. The monoisotopic (exact) mass is 312 g/mol. The Morgan fingerprint density at radius 2 is 2.10 bits per heavy atom. The molecule has 0 bridgehead atoms. The zero-order chi connectivity index (χ0) is 16.0. The Bertz CT molecular complexity index is 561. The van der Waals surface area contributed by atoms with Gasteiger partial charge < -0.3 is 10.0 Å². The molecule has 0 aromatic heterocycles. The third-order valence-electron chi connectivity index (χ3n) is 2.85. The fraction of sp³-hybridized carbons (Fsp3) is 0.385. The molecule has 8 heteroatoms. The molecule has 0 saturated carbocycles. The van der Waals surface area contributed by atoms with E-state index in [0.717, 1.165) is 0 Å². The van der Waals surface area contributed by atoms with E-state index in [1.807, 2.05) is 0 Å². The highest BCUT2D eigenvalue weighted by atomic mass is 32.2. The van der Waals surface area contributed by atoms with E-state index in [1.165, 1.54) is 28.8 Å². The first-order chi connectivity index (χ1) is 9.86. The summed E-state index contributed by atoms with van der Waals surface area (Å²) in [4.78, 5) is 34.9. The third kappa shape index (κ3) is 4.75. The molecule has 114 valence electrons. The average Bonchev–Trinajstić information content (AvgIpc) is 2.45. The van der Waals surface area contributed by atoms with Gasteiger partial charge in [-0.25, -0.2) is 0 Å². The molecule has 21 heavy (non-hydrogen) atoms. The quantitative estimate of drug-likeness (QED) is 0.471. The molecule has 0 aliphatic rings. The number of benzene rings is 1. The number of aliphatic carboxylic acids is 1. The van der Waals surface area contributed by atoms with E-state index >= 15 is 0 Å². The second kappa shape index (κ2) is 7.63. The topological polar surface area (TPSA) is 101 Å². The lowest BCUT2D eigenvalue weighted by Gasteiger charge is -2.16. The van der Waals surface area contributed by atoms with Crippen LogP contribution in [0.3, 0.4) is 0 Å². The number of nitrogens with zero attached hydrogens (tertiary/aromatic N) is 2. The van der Waals surface area contributed by atoms with Gasteiger partial charge in [-0.2, -0.15) is 0 Å². The van der Waals surface area contributed by atoms with E-state index in [9.17, 15) is 19.7 Å². The summed E-state index contributed by atoms with van der Waals surface area (Å²) in [6.07, 6.45) is 2.04. The number of nitro groups is 1. The Morgan fingerprint density at radius 1 is 1.43 bits per heavy atom. The Labute approximate surface area is 126 Å². The number of amides is 1. The zero-order valence-corrected chi connectivity index (χ0v) is 12.6. The van der Waals surface area contributed by atoms with Gasteiger partial charge in [-0.3, -0.25) is 19.7 Å². The number of carboxylic acids is 1. The van der Waals surface area contributed by atoms with Gasteiger partial charge in [0.1, 0.15) is 0 Å². The zero-order valence-electron chi connectivity index (χ0n) is 11.7. The fourth-order valence-corrected chi connectivity index (χ4v) is 2.30. The summed E-state index contributed by atoms with van der Waals surface area (Å²) in [7, 11) is 1.54. The van der Waals surface area contributed by atoms with Crippen molar-refractivity contribution in [3.8, 4) is 0 Å². The van der Waals surface area contributed by atoms with Crippen LogP contribution >= 0.6 is 11.8 Å². The molecule has 1 aromatic rings. The van der Waals surface area contributed by atoms with Crippen molar-refractivity contribution < 1.29 is 19.6 Å². The highest BCUT2D eigenvalue weighted by molar-refractivity contribution is 7.98. The van der Waals surface area contributed by atoms with Crippen LogP contribution in [0.5, 0.6) is 0 Å². The first-order valence-corrected chi connectivity index (χ1v) is 7.39. The predicted molar refractivity (Wildman–Crippen MR) is 78.7 cm³/mol. The van der Waals surface area contributed by atoms with E-state index in [-0.39, 0.29) is 30.1 Å². The highest BCUT2D eigenvalue weighted by Gasteiger charge is 2.19. The van der Waals surface area contributed by atoms with Crippen LogP contribution in [0.2, 0.25) is 0 Å². The first kappa shape index (κ1) is 17.0. The third-order valence-corrected chi connectivity index (χ3v) is 3.64. The summed E-state index contributed by atoms with van der Waals surface area (Å²) in [5, 5.41) is 19.5. The summed E-state index contributed by atoms with van der Waals surface area (Å²) >= 11 is 1.24. The number of thioether (sulfide) groups is 1. The standard InChI is InChI=1S/C13H16N2O5S/c1-14(7-3-4-12(16)17)13(18)9-5-6-11(21-2)10(8-9)15(19)20/h5-6,8H,3-4,7H2,1-2H3,(H,16,17). The van der Waals surface area contributed by atoms with Gasteiger partial charge in [0.05, 0.1) is 9.82 Å². The maximum atomic E-state index is 12.1. The number of rotatable bonds is 7. The average molecular weight is 312 g/mol. The minimum Gasteiger partial charge on any atom is -0.481 e. The van der Waals surface area contributed by atoms with E-state index in [0.29, 0.717) is 11.3 Å². The summed E-state index contributed by atoms with van der Waals surface area (Å²) < 4.78 is 0. The number of hydrogen-bond acceptors (Lipinski definition) is 5. The van der Waals surface area contributed by atoms with Crippen LogP contribution in [0.1, 0.15) is 23.2 Å². The van der Waals surface area contributed by atoms with Crippen molar-refractivity contribution >= 4 is 29.3 Å². The molecular formula is C13H16N2O5S. The largest absolute Gasteiger partial charge is 0.481 e. The van der Waals surface area contributed by atoms with Gasteiger partial charge in [-0.05, 0) is 24.8 Å². The summed E-state index contributed by atoms with van der Waals surface area (Å²) in [6, 6.07) is 4.33. The van der Waals surface area contributed by atoms with Crippen molar-refractivity contribution in [2.45, 2.75) is 17.7 Å². The minimum atomic E-state index is -0.921. The van der Waals surface area contributed by atoms with Gasteiger partial charge >= 0.3 is 5.97 Å². The molecule has 0 saturated heterocycles. The second-order valence-electron chi connectivity index (χ2n) is 4.37. The molecule has 0 atom stereocenters. The number of carbonyl (C=O) groups excluding carboxylic acids is 1. The maximum Gasteiger partial charge on any atom is 0.303 e. The molecule has 1 N–H and O–H groups in total. The van der Waals surface area contributed by atoms with Crippen molar-refractivity contribution in [3.63, 3.8) is 0 Å². The number of hydrogen-bond donors (Lipinski definition) is 1. The molecule has 0 unspecified atom stereocenters. The van der Waals surface area contributed by atoms with Crippen molar-refractivity contribution in [3.05, 3.63) is 33.9 Å². The summed E-state index contributed by atoms with van der Waals surface area (Å²) in [6.45, 7) is 0.281. The van der Waals surface area contributed by atoms with Gasteiger partial charge in [-0.1, -0.05) is 0 Å². The number of carboxylic acid groups (broad SMARTS) is 1. The SMILES string of the molecule is CSc1ccc(C(=O)N(C)CCCC(=O)O)cc1[N+](=O)[O-]. The molecule has 7 nitrogen and oxygen atoms in total. The van der Waals surface area contributed by atoms with Crippen LogP contribution < -0.4 is 0 Å². The molecule has 0 aliphatic carbocycles. The van der Waals surface area contributed by atoms with Crippen LogP contribution in [0.25, 0.3) is 0 Å². The fourth-order valence-electron chi connectivity index (χ4n) is 1.76. The lowest BCUT2D eigenvalue weighted by atomic mass is 10.1. The van der Waals surface area contributed by atoms with Crippen LogP contribution in [0.15, 0.2) is 23.1 Å². The van der Waals surface area contributed by atoms with E-state index < -0.39 is 10.9 Å². The Kier molecular flexibility index (Phi) is 6.16. The molecule has 1 aromatic carbocycles. The normalized spacial score (nSPS) is 10.2. The number of nitro benzene ring substituents is 1. The van der Waals surface area contributed by atoms with Crippen molar-refractivity contribution in [1.82, 2.24) is 4.90 Å². The van der Waals surface area contributed by atoms with Crippen LogP contribution in [-0.4, -0.2) is 46.7 Å². The Hall–Kier alpha value is -2.09. The molecule has 0 aliphatic heterocycles. The van der Waals surface area contributed by atoms with E-state index in [4.69, 9.17) is 5.11 Å². The predicted octanol–water partition coefficient (Wildman–Crippen LogP) is 2.25. The van der Waals surface area contributed by atoms with Gasteiger partial charge in [0.25, 0.3) is 11.6 Å². The molecule has 0 spiro atoms. The first-order valence-electron chi connectivity index (χ1n) is 6.16. The number of carbonyl (C=O) groups is 2. The summed E-state index contributed by atoms with van der Waals surface area (Å²) in [5.74, 6) is -1.29. The highest BCUT2D eigenvalue weighted by Crippen LogP contribution is 2.28. The lowest BCUT2D eigenvalue weighted by molar-refractivity contribution is -0.387. The van der Waals surface area contributed by atoms with Gasteiger partial charge in [0.15, 0.2) is 0 Å². The molecule has 0 fully saturated rings. The van der Waals surface area contributed by atoms with Crippen molar-refractivity contribution in [1.29, 1.82) is 0 Å². The molecule has 0 heterocycles. The molecule has 1 rings (SSSR count). The van der Waals surface area contributed by atoms with Crippen molar-refractivity contribution in [2.75, 3.05) is 19.8 Å². The molecule has 1 amide bonds. The van der Waals surface area contributed by atoms with Crippen LogP contribution in [0, 0.1) is 10.1 Å². The van der Waals surface area contributed by atoms with Crippen molar-refractivity contribution in [2.24, 2.45) is 0 Å². The van der Waals surface area contributed by atoms with Gasteiger partial charge in [0.2, 0.25) is 0 Å². The van der Waals surface area contributed by atoms with Crippen LogP contribution in [-0.2, 0) is 4.79 Å². The van der Waals surface area contributed by atoms with E-state index in [1.54, 1.807) is 19.4 Å². The van der Waals surface area contributed by atoms with E-state index in [2.05, 4.69) is 0 Å². The van der Waals surface area contributed by atoms with Gasteiger partial charge in [-0.15, -0.1) is 11.8 Å². The van der Waals surface area contributed by atoms with Gasteiger partial charge in [0, 0.05) is 31.6 Å².